The highest BCUT2D eigenvalue weighted by atomic mass is 79.9. The number of nitrogens with one attached hydrogen (secondary N) is 1. The summed E-state index contributed by atoms with van der Waals surface area (Å²) in [5.74, 6) is 0.0109. The Morgan fingerprint density at radius 1 is 0.943 bits per heavy atom. The lowest BCUT2D eigenvalue weighted by Gasteiger charge is -2.27. The Morgan fingerprint density at radius 2 is 1.54 bits per heavy atom. The van der Waals surface area contributed by atoms with E-state index >= 15 is 0 Å². The minimum absolute atomic E-state index is 0.400. The zero-order chi connectivity index (χ0) is 24.7. The van der Waals surface area contributed by atoms with Gasteiger partial charge < -0.3 is 9.84 Å². The average molecular weight is 550 g/mol. The lowest BCUT2D eigenvalue weighted by Crippen LogP contribution is -2.43. The number of aliphatic hydroxyl groups is 1. The molecule has 4 rings (SSSR count). The quantitative estimate of drug-likeness (QED) is 0.207. The standard InChI is InChI=1S/C28H22BrClN2O3/c29-25-17-21(13-16-26(25)35-19-20-11-14-24(30)15-12-20)18-31-32-27(33)28(34,22-7-3-1-4-8-22)23-9-5-2-6-10-23/h1-18,34H,19H2,(H,32,33)/b31-18+. The smallest absolute Gasteiger partial charge is 0.281 e. The lowest BCUT2D eigenvalue weighted by atomic mass is 9.85. The van der Waals surface area contributed by atoms with Gasteiger partial charge in [0.25, 0.3) is 5.91 Å². The monoisotopic (exact) mass is 548 g/mol. The molecule has 0 saturated heterocycles. The van der Waals surface area contributed by atoms with Crippen molar-refractivity contribution in [1.82, 2.24) is 5.43 Å². The topological polar surface area (TPSA) is 70.9 Å². The summed E-state index contributed by atoms with van der Waals surface area (Å²) in [4.78, 5) is 13.1. The van der Waals surface area contributed by atoms with Crippen molar-refractivity contribution >= 4 is 39.7 Å². The van der Waals surface area contributed by atoms with Gasteiger partial charge in [-0.25, -0.2) is 5.43 Å². The predicted octanol–water partition coefficient (Wildman–Crippen LogP) is 6.07. The molecular weight excluding hydrogens is 528 g/mol. The molecule has 4 aromatic carbocycles. The van der Waals surface area contributed by atoms with E-state index < -0.39 is 11.5 Å². The molecule has 5 nitrogen and oxygen atoms in total. The molecule has 0 aliphatic heterocycles. The Hall–Kier alpha value is -3.45. The number of halogens is 2. The maximum absolute atomic E-state index is 13.1. The summed E-state index contributed by atoms with van der Waals surface area (Å²) in [6.45, 7) is 0.400. The third kappa shape index (κ3) is 5.98. The van der Waals surface area contributed by atoms with Gasteiger partial charge in [0.05, 0.1) is 10.7 Å². The van der Waals surface area contributed by atoms with Crippen LogP contribution < -0.4 is 10.2 Å². The molecule has 0 aliphatic carbocycles. The fraction of sp³-hybridized carbons (Fsp3) is 0.0714. The second-order valence-electron chi connectivity index (χ2n) is 7.75. The molecule has 2 N–H and O–H groups in total. The van der Waals surface area contributed by atoms with Crippen LogP contribution in [-0.4, -0.2) is 17.2 Å². The number of amides is 1. The van der Waals surface area contributed by atoms with Crippen LogP contribution >= 0.6 is 27.5 Å². The summed E-state index contributed by atoms with van der Waals surface area (Å²) in [7, 11) is 0. The molecule has 35 heavy (non-hydrogen) atoms. The van der Waals surface area contributed by atoms with Crippen LogP contribution in [0.25, 0.3) is 0 Å². The van der Waals surface area contributed by atoms with E-state index in [1.54, 1.807) is 48.5 Å². The summed E-state index contributed by atoms with van der Waals surface area (Å²) in [6.07, 6.45) is 1.50. The average Bonchev–Trinajstić information content (AvgIpc) is 2.89. The molecular formula is C28H22BrClN2O3. The van der Waals surface area contributed by atoms with E-state index in [0.29, 0.717) is 28.5 Å². The van der Waals surface area contributed by atoms with Crippen molar-refractivity contribution in [1.29, 1.82) is 0 Å². The van der Waals surface area contributed by atoms with Gasteiger partial charge in [0.2, 0.25) is 0 Å². The third-order valence-electron chi connectivity index (χ3n) is 5.35. The van der Waals surface area contributed by atoms with Gasteiger partial charge in [-0.3, -0.25) is 4.79 Å². The van der Waals surface area contributed by atoms with E-state index in [9.17, 15) is 9.90 Å². The van der Waals surface area contributed by atoms with Gasteiger partial charge in [-0.15, -0.1) is 0 Å². The molecule has 4 aromatic rings. The fourth-order valence-electron chi connectivity index (χ4n) is 3.49. The molecule has 0 saturated carbocycles. The summed E-state index contributed by atoms with van der Waals surface area (Å²) in [5.41, 5.74) is 3.22. The largest absolute Gasteiger partial charge is 0.488 e. The number of carbonyl (C=O) groups is 1. The van der Waals surface area contributed by atoms with Crippen LogP contribution in [0.15, 0.2) is 113 Å². The van der Waals surface area contributed by atoms with Crippen molar-refractivity contribution in [2.75, 3.05) is 0 Å². The molecule has 0 spiro atoms. The molecule has 0 unspecified atom stereocenters. The number of hydrazone groups is 1. The van der Waals surface area contributed by atoms with Crippen LogP contribution in [0.4, 0.5) is 0 Å². The van der Waals surface area contributed by atoms with Gasteiger partial charge in [-0.2, -0.15) is 5.10 Å². The van der Waals surface area contributed by atoms with Gasteiger partial charge in [0, 0.05) is 5.02 Å². The first-order valence-corrected chi connectivity index (χ1v) is 12.0. The van der Waals surface area contributed by atoms with Gasteiger partial charge in [-0.05, 0) is 68.5 Å². The van der Waals surface area contributed by atoms with Crippen LogP contribution in [0.5, 0.6) is 5.75 Å². The fourth-order valence-corrected chi connectivity index (χ4v) is 4.13. The Labute approximate surface area is 217 Å². The minimum atomic E-state index is -1.89. The highest BCUT2D eigenvalue weighted by Gasteiger charge is 2.39. The third-order valence-corrected chi connectivity index (χ3v) is 6.23. The van der Waals surface area contributed by atoms with E-state index in [2.05, 4.69) is 26.5 Å². The van der Waals surface area contributed by atoms with Crippen LogP contribution in [-0.2, 0) is 17.0 Å². The van der Waals surface area contributed by atoms with Crippen LogP contribution in [0.3, 0.4) is 0 Å². The van der Waals surface area contributed by atoms with E-state index in [1.807, 2.05) is 54.6 Å². The van der Waals surface area contributed by atoms with Crippen LogP contribution in [0.1, 0.15) is 22.3 Å². The van der Waals surface area contributed by atoms with Crippen molar-refractivity contribution in [2.45, 2.75) is 12.2 Å². The Kier molecular flexibility index (Phi) is 7.98. The summed E-state index contributed by atoms with van der Waals surface area (Å²) >= 11 is 9.43. The van der Waals surface area contributed by atoms with E-state index in [-0.39, 0.29) is 0 Å². The Morgan fingerprint density at radius 3 is 2.11 bits per heavy atom. The number of hydrogen-bond donors (Lipinski definition) is 2. The van der Waals surface area contributed by atoms with E-state index in [4.69, 9.17) is 16.3 Å². The maximum Gasteiger partial charge on any atom is 0.281 e. The Bertz CT molecular complexity index is 1270. The number of carbonyl (C=O) groups excluding carboxylic acids is 1. The summed E-state index contributed by atoms with van der Waals surface area (Å²) in [6, 6.07) is 30.5. The van der Waals surface area contributed by atoms with Crippen molar-refractivity contribution in [3.8, 4) is 5.75 Å². The first-order valence-electron chi connectivity index (χ1n) is 10.8. The number of benzene rings is 4. The molecule has 0 fully saturated rings. The second kappa shape index (κ2) is 11.3. The number of ether oxygens (including phenoxy) is 1. The van der Waals surface area contributed by atoms with Crippen molar-refractivity contribution in [3.63, 3.8) is 0 Å². The number of nitrogens with zero attached hydrogens (tertiary/aromatic N) is 1. The van der Waals surface area contributed by atoms with E-state index in [0.717, 1.165) is 15.6 Å². The molecule has 0 atom stereocenters. The molecule has 7 heteroatoms. The van der Waals surface area contributed by atoms with Gasteiger partial charge in [0.15, 0.2) is 5.60 Å². The first-order chi connectivity index (χ1) is 17.0. The highest BCUT2D eigenvalue weighted by molar-refractivity contribution is 9.10. The van der Waals surface area contributed by atoms with Crippen LogP contribution in [0.2, 0.25) is 5.02 Å². The molecule has 0 aromatic heterocycles. The lowest BCUT2D eigenvalue weighted by molar-refractivity contribution is -0.136. The maximum atomic E-state index is 13.1. The molecule has 0 radical (unpaired) electrons. The summed E-state index contributed by atoms with van der Waals surface area (Å²) < 4.78 is 6.61. The molecule has 1 amide bonds. The van der Waals surface area contributed by atoms with E-state index in [1.165, 1.54) is 6.21 Å². The molecule has 176 valence electrons. The van der Waals surface area contributed by atoms with Gasteiger partial charge in [0.1, 0.15) is 12.4 Å². The SMILES string of the molecule is O=C(N/N=C/c1ccc(OCc2ccc(Cl)cc2)c(Br)c1)C(O)(c1ccccc1)c1ccccc1. The molecule has 0 aliphatic rings. The number of rotatable bonds is 8. The van der Waals surface area contributed by atoms with Gasteiger partial charge >= 0.3 is 0 Å². The van der Waals surface area contributed by atoms with Crippen molar-refractivity contribution in [2.24, 2.45) is 5.10 Å². The second-order valence-corrected chi connectivity index (χ2v) is 9.04. The molecule has 0 bridgehead atoms. The molecule has 0 heterocycles. The predicted molar refractivity (Wildman–Crippen MR) is 142 cm³/mol. The zero-order valence-electron chi connectivity index (χ0n) is 18.6. The van der Waals surface area contributed by atoms with Crippen LogP contribution in [0, 0.1) is 0 Å². The summed E-state index contributed by atoms with van der Waals surface area (Å²) in [5, 5.41) is 16.2. The normalized spacial score (nSPS) is 11.4. The first kappa shape index (κ1) is 24.7. The number of hydrogen-bond acceptors (Lipinski definition) is 4. The van der Waals surface area contributed by atoms with Crippen molar-refractivity contribution in [3.05, 3.63) is 135 Å². The zero-order valence-corrected chi connectivity index (χ0v) is 20.9. The highest BCUT2D eigenvalue weighted by Crippen LogP contribution is 2.30. The minimum Gasteiger partial charge on any atom is -0.488 e. The van der Waals surface area contributed by atoms with Gasteiger partial charge in [-0.1, -0.05) is 84.4 Å². The van der Waals surface area contributed by atoms with Crippen molar-refractivity contribution < 1.29 is 14.6 Å². The Balaban J connectivity index is 1.45.